The van der Waals surface area contributed by atoms with Gasteiger partial charge in [-0.2, -0.15) is 0 Å². The van der Waals surface area contributed by atoms with E-state index in [0.29, 0.717) is 0 Å². The Morgan fingerprint density at radius 1 is 1.35 bits per heavy atom. The maximum atomic E-state index is 4.68. The third-order valence-corrected chi connectivity index (χ3v) is 4.70. The Morgan fingerprint density at radius 2 is 2.29 bits per heavy atom. The minimum absolute atomic E-state index is 0.743. The molecule has 0 bridgehead atoms. The molecule has 1 saturated carbocycles. The van der Waals surface area contributed by atoms with E-state index in [-0.39, 0.29) is 0 Å². The van der Waals surface area contributed by atoms with Gasteiger partial charge >= 0.3 is 0 Å². The SMILES string of the molecule is CNCC1CCC1C1CCCc2cccnc21. The largest absolute Gasteiger partial charge is 0.319 e. The molecule has 0 aliphatic heterocycles. The molecule has 1 aromatic rings. The van der Waals surface area contributed by atoms with Crippen molar-refractivity contribution in [3.63, 3.8) is 0 Å². The third-order valence-electron chi connectivity index (χ3n) is 4.70. The van der Waals surface area contributed by atoms with Gasteiger partial charge in [0.1, 0.15) is 0 Å². The van der Waals surface area contributed by atoms with E-state index in [9.17, 15) is 0 Å². The molecule has 2 nitrogen and oxygen atoms in total. The van der Waals surface area contributed by atoms with Gasteiger partial charge in [-0.15, -0.1) is 0 Å². The number of nitrogens with zero attached hydrogens (tertiary/aromatic N) is 1. The van der Waals surface area contributed by atoms with Gasteiger partial charge in [-0.05, 0) is 69.2 Å². The van der Waals surface area contributed by atoms with Crippen LogP contribution in [0.3, 0.4) is 0 Å². The van der Waals surface area contributed by atoms with Crippen LogP contribution in [0.25, 0.3) is 0 Å². The molecule has 2 aliphatic rings. The number of aryl methyl sites for hydroxylation is 1. The van der Waals surface area contributed by atoms with Gasteiger partial charge in [0.15, 0.2) is 0 Å². The highest BCUT2D eigenvalue weighted by molar-refractivity contribution is 5.27. The molecule has 3 atom stereocenters. The van der Waals surface area contributed by atoms with Crippen LogP contribution in [0, 0.1) is 11.8 Å². The smallest absolute Gasteiger partial charge is 0.0469 e. The predicted octanol–water partition coefficient (Wildman–Crippen LogP) is 2.75. The number of nitrogens with one attached hydrogen (secondary N) is 1. The summed E-state index contributed by atoms with van der Waals surface area (Å²) in [6, 6.07) is 4.37. The average molecular weight is 230 g/mol. The summed E-state index contributed by atoms with van der Waals surface area (Å²) in [6.07, 6.45) is 8.74. The van der Waals surface area contributed by atoms with Gasteiger partial charge < -0.3 is 5.32 Å². The van der Waals surface area contributed by atoms with Crippen molar-refractivity contribution in [2.75, 3.05) is 13.6 Å². The predicted molar refractivity (Wildman–Crippen MR) is 70.1 cm³/mol. The van der Waals surface area contributed by atoms with Gasteiger partial charge in [0.2, 0.25) is 0 Å². The Hall–Kier alpha value is -0.890. The summed E-state index contributed by atoms with van der Waals surface area (Å²) in [5, 5.41) is 3.34. The highest BCUT2D eigenvalue weighted by Crippen LogP contribution is 2.47. The fourth-order valence-electron chi connectivity index (χ4n) is 3.70. The maximum Gasteiger partial charge on any atom is 0.0469 e. The minimum Gasteiger partial charge on any atom is -0.319 e. The van der Waals surface area contributed by atoms with Crippen LogP contribution in [0.5, 0.6) is 0 Å². The molecule has 1 aromatic heterocycles. The first-order valence-corrected chi connectivity index (χ1v) is 6.98. The van der Waals surface area contributed by atoms with Crippen LogP contribution in [0.1, 0.15) is 42.9 Å². The Kier molecular flexibility index (Phi) is 3.15. The van der Waals surface area contributed by atoms with Crippen LogP contribution < -0.4 is 5.32 Å². The molecule has 1 fully saturated rings. The monoisotopic (exact) mass is 230 g/mol. The lowest BCUT2D eigenvalue weighted by Gasteiger charge is -2.43. The van der Waals surface area contributed by atoms with Crippen molar-refractivity contribution in [2.24, 2.45) is 11.8 Å². The second kappa shape index (κ2) is 4.77. The summed E-state index contributed by atoms with van der Waals surface area (Å²) >= 11 is 0. The van der Waals surface area contributed by atoms with Crippen LogP contribution >= 0.6 is 0 Å². The van der Waals surface area contributed by atoms with Crippen LogP contribution in [0.2, 0.25) is 0 Å². The standard InChI is InChI=1S/C15H22N2/c1-16-10-12-7-8-13(12)14-6-2-4-11-5-3-9-17-15(11)14/h3,5,9,12-14,16H,2,4,6-8,10H2,1H3. The van der Waals surface area contributed by atoms with E-state index in [1.54, 1.807) is 0 Å². The number of hydrogen-bond acceptors (Lipinski definition) is 2. The topological polar surface area (TPSA) is 24.9 Å². The zero-order valence-electron chi connectivity index (χ0n) is 10.7. The quantitative estimate of drug-likeness (QED) is 0.863. The first-order valence-electron chi connectivity index (χ1n) is 6.98. The van der Waals surface area contributed by atoms with E-state index in [0.717, 1.165) is 17.8 Å². The molecule has 1 N–H and O–H groups in total. The molecule has 0 radical (unpaired) electrons. The normalized spacial score (nSPS) is 31.7. The van der Waals surface area contributed by atoms with E-state index >= 15 is 0 Å². The molecule has 0 aromatic carbocycles. The van der Waals surface area contributed by atoms with E-state index in [4.69, 9.17) is 0 Å². The molecule has 3 rings (SSSR count). The zero-order chi connectivity index (χ0) is 11.7. The molecule has 17 heavy (non-hydrogen) atoms. The van der Waals surface area contributed by atoms with Crippen LogP contribution in [-0.4, -0.2) is 18.6 Å². The number of pyridine rings is 1. The van der Waals surface area contributed by atoms with Crippen molar-refractivity contribution in [1.82, 2.24) is 10.3 Å². The van der Waals surface area contributed by atoms with Crippen LogP contribution in [-0.2, 0) is 6.42 Å². The number of hydrogen-bond donors (Lipinski definition) is 1. The number of rotatable bonds is 3. The van der Waals surface area contributed by atoms with Crippen molar-refractivity contribution in [1.29, 1.82) is 0 Å². The Morgan fingerprint density at radius 3 is 3.06 bits per heavy atom. The van der Waals surface area contributed by atoms with Crippen molar-refractivity contribution >= 4 is 0 Å². The summed E-state index contributed by atoms with van der Waals surface area (Å²) in [4.78, 5) is 4.68. The Balaban J connectivity index is 1.81. The fourth-order valence-corrected chi connectivity index (χ4v) is 3.70. The molecule has 2 aliphatic carbocycles. The van der Waals surface area contributed by atoms with E-state index in [1.165, 1.54) is 49.9 Å². The van der Waals surface area contributed by atoms with E-state index in [1.807, 2.05) is 6.20 Å². The third kappa shape index (κ3) is 1.99. The second-order valence-electron chi connectivity index (χ2n) is 5.61. The molecular formula is C15H22N2. The highest BCUT2D eigenvalue weighted by Gasteiger charge is 2.39. The fraction of sp³-hybridized carbons (Fsp3) is 0.667. The molecule has 0 saturated heterocycles. The van der Waals surface area contributed by atoms with Gasteiger partial charge in [0.25, 0.3) is 0 Å². The van der Waals surface area contributed by atoms with E-state index in [2.05, 4.69) is 29.5 Å². The molecule has 0 amide bonds. The Bertz CT molecular complexity index is 388. The van der Waals surface area contributed by atoms with Gasteiger partial charge in [0, 0.05) is 17.8 Å². The van der Waals surface area contributed by atoms with Gasteiger partial charge in [-0.25, -0.2) is 0 Å². The van der Waals surface area contributed by atoms with Crippen molar-refractivity contribution in [3.8, 4) is 0 Å². The summed E-state index contributed by atoms with van der Waals surface area (Å²) in [7, 11) is 2.07. The summed E-state index contributed by atoms with van der Waals surface area (Å²) in [5.41, 5.74) is 2.93. The second-order valence-corrected chi connectivity index (χ2v) is 5.61. The van der Waals surface area contributed by atoms with Crippen molar-refractivity contribution < 1.29 is 0 Å². The lowest BCUT2D eigenvalue weighted by atomic mass is 9.63. The molecule has 92 valence electrons. The number of fused-ring (bicyclic) bond motifs is 1. The van der Waals surface area contributed by atoms with Gasteiger partial charge in [-0.1, -0.05) is 6.07 Å². The van der Waals surface area contributed by atoms with Gasteiger partial charge in [0.05, 0.1) is 0 Å². The van der Waals surface area contributed by atoms with Crippen molar-refractivity contribution in [3.05, 3.63) is 29.6 Å². The zero-order valence-corrected chi connectivity index (χ0v) is 10.7. The Labute approximate surface area is 104 Å². The first kappa shape index (κ1) is 11.2. The highest BCUT2D eigenvalue weighted by atomic mass is 14.8. The molecule has 0 spiro atoms. The summed E-state index contributed by atoms with van der Waals surface area (Å²) in [6.45, 7) is 1.18. The summed E-state index contributed by atoms with van der Waals surface area (Å²) in [5.74, 6) is 2.52. The lowest BCUT2D eigenvalue weighted by Crippen LogP contribution is -2.38. The lowest BCUT2D eigenvalue weighted by molar-refractivity contribution is 0.129. The molecule has 3 unspecified atom stereocenters. The van der Waals surface area contributed by atoms with Crippen molar-refractivity contribution in [2.45, 2.75) is 38.0 Å². The average Bonchev–Trinajstić information content (AvgIpc) is 2.35. The summed E-state index contributed by atoms with van der Waals surface area (Å²) < 4.78 is 0. The maximum absolute atomic E-state index is 4.68. The number of aromatic nitrogens is 1. The van der Waals surface area contributed by atoms with Crippen LogP contribution in [0.15, 0.2) is 18.3 Å². The van der Waals surface area contributed by atoms with Crippen LogP contribution in [0.4, 0.5) is 0 Å². The molecule has 1 heterocycles. The minimum atomic E-state index is 0.743. The molecular weight excluding hydrogens is 208 g/mol. The van der Waals surface area contributed by atoms with Gasteiger partial charge in [-0.3, -0.25) is 4.98 Å². The first-order chi connectivity index (χ1) is 8.40. The van der Waals surface area contributed by atoms with E-state index < -0.39 is 0 Å². The molecule has 2 heteroatoms.